The Balaban J connectivity index is 1.89. The molecule has 2 amide bonds. The predicted octanol–water partition coefficient (Wildman–Crippen LogP) is 4.01. The van der Waals surface area contributed by atoms with Crippen molar-refractivity contribution in [3.8, 4) is 10.4 Å². The second-order valence-corrected chi connectivity index (χ2v) is 5.94. The summed E-state index contributed by atoms with van der Waals surface area (Å²) in [6, 6.07) is 14.5. The molecule has 0 aliphatic carbocycles. The third-order valence-corrected chi connectivity index (χ3v) is 4.27. The number of carbonyl (C=O) groups excluding carboxylic acids is 1. The molecule has 3 nitrogen and oxygen atoms in total. The van der Waals surface area contributed by atoms with Gasteiger partial charge >= 0.3 is 6.03 Å². The summed E-state index contributed by atoms with van der Waals surface area (Å²) < 4.78 is 0. The number of amides is 2. The molecule has 0 radical (unpaired) electrons. The average Bonchev–Trinajstić information content (AvgIpc) is 2.95. The van der Waals surface area contributed by atoms with Crippen LogP contribution in [0.5, 0.6) is 0 Å². The van der Waals surface area contributed by atoms with Gasteiger partial charge in [-0.3, -0.25) is 0 Å². The van der Waals surface area contributed by atoms with Gasteiger partial charge in [0, 0.05) is 15.8 Å². The molecule has 0 aliphatic rings. The van der Waals surface area contributed by atoms with Crippen molar-refractivity contribution >= 4 is 17.4 Å². The number of thiophene rings is 1. The van der Waals surface area contributed by atoms with Gasteiger partial charge in [-0.15, -0.1) is 11.3 Å². The number of hydrogen-bond donors (Lipinski definition) is 2. The second-order valence-electron chi connectivity index (χ2n) is 4.77. The molecule has 20 heavy (non-hydrogen) atoms. The molecule has 1 aromatic carbocycles. The van der Waals surface area contributed by atoms with Crippen molar-refractivity contribution in [2.75, 3.05) is 0 Å². The van der Waals surface area contributed by atoms with Crippen LogP contribution in [0.25, 0.3) is 10.4 Å². The lowest BCUT2D eigenvalue weighted by Crippen LogP contribution is -2.39. The van der Waals surface area contributed by atoms with E-state index in [1.54, 1.807) is 11.3 Å². The minimum absolute atomic E-state index is 0.103. The zero-order chi connectivity index (χ0) is 14.4. The molecule has 0 saturated heterocycles. The molecule has 1 atom stereocenters. The van der Waals surface area contributed by atoms with Gasteiger partial charge in [-0.2, -0.15) is 0 Å². The van der Waals surface area contributed by atoms with Gasteiger partial charge in [0.05, 0.1) is 6.54 Å². The van der Waals surface area contributed by atoms with Gasteiger partial charge < -0.3 is 10.6 Å². The average molecular weight is 288 g/mol. The number of carbonyl (C=O) groups is 1. The maximum atomic E-state index is 11.6. The molecule has 0 aliphatic heterocycles. The van der Waals surface area contributed by atoms with E-state index >= 15 is 0 Å². The quantitative estimate of drug-likeness (QED) is 0.857. The van der Waals surface area contributed by atoms with Gasteiger partial charge in [-0.1, -0.05) is 37.3 Å². The standard InChI is InChI=1S/C16H20N2OS/c1-3-12(2)18-16(19)17-11-14-9-10-15(20-14)13-7-5-4-6-8-13/h4-10,12H,3,11H2,1-2H3,(H2,17,18,19). The van der Waals surface area contributed by atoms with Gasteiger partial charge in [0.25, 0.3) is 0 Å². The topological polar surface area (TPSA) is 41.1 Å². The van der Waals surface area contributed by atoms with E-state index in [4.69, 9.17) is 0 Å². The van der Waals surface area contributed by atoms with Crippen molar-refractivity contribution in [3.63, 3.8) is 0 Å². The normalized spacial score (nSPS) is 11.9. The van der Waals surface area contributed by atoms with Crippen molar-refractivity contribution < 1.29 is 4.79 Å². The van der Waals surface area contributed by atoms with E-state index in [2.05, 4.69) is 41.8 Å². The molecule has 106 valence electrons. The van der Waals surface area contributed by atoms with E-state index in [-0.39, 0.29) is 12.1 Å². The summed E-state index contributed by atoms with van der Waals surface area (Å²) in [5, 5.41) is 5.78. The monoisotopic (exact) mass is 288 g/mol. The molecule has 0 bridgehead atoms. The van der Waals surface area contributed by atoms with E-state index in [1.165, 1.54) is 10.4 Å². The highest BCUT2D eigenvalue weighted by Crippen LogP contribution is 2.27. The molecule has 0 saturated carbocycles. The van der Waals surface area contributed by atoms with Gasteiger partial charge in [0.1, 0.15) is 0 Å². The van der Waals surface area contributed by atoms with Gasteiger partial charge in [-0.05, 0) is 31.0 Å². The first-order valence-corrected chi connectivity index (χ1v) is 7.69. The van der Waals surface area contributed by atoms with Crippen LogP contribution in [-0.2, 0) is 6.54 Å². The summed E-state index contributed by atoms with van der Waals surface area (Å²) in [6.45, 7) is 4.62. The van der Waals surface area contributed by atoms with Crippen molar-refractivity contribution in [2.24, 2.45) is 0 Å². The minimum Gasteiger partial charge on any atom is -0.336 e. The number of rotatable bonds is 5. The molecule has 1 unspecified atom stereocenters. The Hall–Kier alpha value is -1.81. The van der Waals surface area contributed by atoms with Crippen LogP contribution in [0, 0.1) is 0 Å². The van der Waals surface area contributed by atoms with E-state index < -0.39 is 0 Å². The Morgan fingerprint density at radius 2 is 1.95 bits per heavy atom. The van der Waals surface area contributed by atoms with Crippen LogP contribution >= 0.6 is 11.3 Å². The molecule has 0 fully saturated rings. The lowest BCUT2D eigenvalue weighted by molar-refractivity contribution is 0.237. The lowest BCUT2D eigenvalue weighted by Gasteiger charge is -2.11. The number of hydrogen-bond acceptors (Lipinski definition) is 2. The Bertz CT molecular complexity index is 551. The van der Waals surface area contributed by atoms with Gasteiger partial charge in [0.15, 0.2) is 0 Å². The van der Waals surface area contributed by atoms with E-state index in [0.29, 0.717) is 6.54 Å². The Labute approximate surface area is 124 Å². The predicted molar refractivity (Wildman–Crippen MR) is 84.9 cm³/mol. The zero-order valence-corrected chi connectivity index (χ0v) is 12.7. The summed E-state index contributed by atoms with van der Waals surface area (Å²) in [5.41, 5.74) is 1.22. The summed E-state index contributed by atoms with van der Waals surface area (Å²) in [5.74, 6) is 0. The van der Waals surface area contributed by atoms with Crippen LogP contribution in [0.4, 0.5) is 4.79 Å². The molecule has 4 heteroatoms. The van der Waals surface area contributed by atoms with Gasteiger partial charge in [0.2, 0.25) is 0 Å². The first-order valence-electron chi connectivity index (χ1n) is 6.87. The van der Waals surface area contributed by atoms with Crippen molar-refractivity contribution in [3.05, 3.63) is 47.3 Å². The fraction of sp³-hybridized carbons (Fsp3) is 0.312. The van der Waals surface area contributed by atoms with Crippen LogP contribution in [0.2, 0.25) is 0 Å². The van der Waals surface area contributed by atoms with Crippen LogP contribution in [-0.4, -0.2) is 12.1 Å². The van der Waals surface area contributed by atoms with E-state index in [0.717, 1.165) is 11.3 Å². The van der Waals surface area contributed by atoms with E-state index in [1.807, 2.05) is 25.1 Å². The molecule has 1 aromatic heterocycles. The van der Waals surface area contributed by atoms with E-state index in [9.17, 15) is 4.79 Å². The summed E-state index contributed by atoms with van der Waals surface area (Å²) in [4.78, 5) is 14.0. The molecular weight excluding hydrogens is 268 g/mol. The van der Waals surface area contributed by atoms with Crippen molar-refractivity contribution in [1.82, 2.24) is 10.6 Å². The zero-order valence-electron chi connectivity index (χ0n) is 11.8. The van der Waals surface area contributed by atoms with Crippen LogP contribution in [0.15, 0.2) is 42.5 Å². The molecule has 1 heterocycles. The SMILES string of the molecule is CCC(C)NC(=O)NCc1ccc(-c2ccccc2)s1. The van der Waals surface area contributed by atoms with Crippen molar-refractivity contribution in [1.29, 1.82) is 0 Å². The lowest BCUT2D eigenvalue weighted by atomic mass is 10.2. The molecular formula is C16H20N2OS. The smallest absolute Gasteiger partial charge is 0.315 e. The largest absolute Gasteiger partial charge is 0.336 e. The highest BCUT2D eigenvalue weighted by Gasteiger charge is 2.06. The fourth-order valence-electron chi connectivity index (χ4n) is 1.77. The summed E-state index contributed by atoms with van der Waals surface area (Å²) in [6.07, 6.45) is 0.935. The Morgan fingerprint density at radius 3 is 2.65 bits per heavy atom. The van der Waals surface area contributed by atoms with Gasteiger partial charge in [-0.25, -0.2) is 4.79 Å². The minimum atomic E-state index is -0.103. The fourth-order valence-corrected chi connectivity index (χ4v) is 2.73. The maximum absolute atomic E-state index is 11.6. The molecule has 2 rings (SSSR count). The maximum Gasteiger partial charge on any atom is 0.315 e. The molecule has 2 aromatic rings. The number of urea groups is 1. The Morgan fingerprint density at radius 1 is 1.20 bits per heavy atom. The third kappa shape index (κ3) is 4.10. The molecule has 0 spiro atoms. The number of nitrogens with one attached hydrogen (secondary N) is 2. The number of benzene rings is 1. The Kier molecular flexibility index (Phi) is 5.18. The summed E-state index contributed by atoms with van der Waals surface area (Å²) in [7, 11) is 0. The second kappa shape index (κ2) is 7.10. The van der Waals surface area contributed by atoms with Crippen LogP contribution < -0.4 is 10.6 Å². The van der Waals surface area contributed by atoms with Crippen molar-refractivity contribution in [2.45, 2.75) is 32.9 Å². The molecule has 2 N–H and O–H groups in total. The third-order valence-electron chi connectivity index (χ3n) is 3.13. The van der Waals surface area contributed by atoms with Crippen LogP contribution in [0.3, 0.4) is 0 Å². The highest BCUT2D eigenvalue weighted by atomic mass is 32.1. The van der Waals surface area contributed by atoms with Crippen LogP contribution in [0.1, 0.15) is 25.1 Å². The highest BCUT2D eigenvalue weighted by molar-refractivity contribution is 7.15. The first kappa shape index (κ1) is 14.6. The summed E-state index contributed by atoms with van der Waals surface area (Å²) >= 11 is 1.71. The first-order chi connectivity index (χ1) is 9.69.